The predicted octanol–water partition coefficient (Wildman–Crippen LogP) is 10.4. The smallest absolute Gasteiger partial charge is 0.202 e. The van der Waals surface area contributed by atoms with Crippen molar-refractivity contribution in [3.63, 3.8) is 0 Å². The van der Waals surface area contributed by atoms with Gasteiger partial charge in [0.1, 0.15) is 11.5 Å². The van der Waals surface area contributed by atoms with Gasteiger partial charge >= 0.3 is 0 Å². The molecule has 2 aliphatic rings. The molecular weight excluding hydrogens is 508 g/mol. The van der Waals surface area contributed by atoms with Gasteiger partial charge in [0.05, 0.1) is 13.2 Å². The Kier molecular flexibility index (Phi) is 20.0. The highest BCUT2D eigenvalue weighted by Crippen LogP contribution is 2.19. The van der Waals surface area contributed by atoms with Gasteiger partial charge in [-0.05, 0) is 35.4 Å². The normalized spacial score (nSPS) is 15.7. The lowest BCUT2D eigenvalue weighted by Gasteiger charge is -2.26. The van der Waals surface area contributed by atoms with Crippen molar-refractivity contribution in [1.82, 2.24) is 0 Å². The van der Waals surface area contributed by atoms with Crippen LogP contribution < -0.4 is 9.47 Å². The molecular formula is C37H50O4. The van der Waals surface area contributed by atoms with E-state index in [0.29, 0.717) is 0 Å². The van der Waals surface area contributed by atoms with Crippen LogP contribution in [-0.4, -0.2) is 25.8 Å². The molecule has 0 aliphatic carbocycles. The van der Waals surface area contributed by atoms with Gasteiger partial charge in [-0.3, -0.25) is 0 Å². The third kappa shape index (κ3) is 15.7. The maximum absolute atomic E-state index is 5.43. The minimum Gasteiger partial charge on any atom is -0.465 e. The van der Waals surface area contributed by atoms with Crippen molar-refractivity contribution < 1.29 is 18.9 Å². The molecule has 2 unspecified atom stereocenters. The second-order valence-electron chi connectivity index (χ2n) is 9.19. The molecule has 0 aromatic heterocycles. The van der Waals surface area contributed by atoms with Crippen molar-refractivity contribution in [2.24, 2.45) is 0 Å². The van der Waals surface area contributed by atoms with Gasteiger partial charge in [-0.15, -0.1) is 0 Å². The monoisotopic (exact) mass is 558 g/mol. The molecule has 0 bridgehead atoms. The Hall–Kier alpha value is -3.60. The summed E-state index contributed by atoms with van der Waals surface area (Å²) in [6.45, 7) is 10.2. The average Bonchev–Trinajstić information content (AvgIpc) is 2.97. The highest BCUT2D eigenvalue weighted by atomic mass is 16.7. The first-order valence-corrected chi connectivity index (χ1v) is 14.5. The molecule has 4 aromatic rings. The highest BCUT2D eigenvalue weighted by molar-refractivity contribution is 5.62. The second-order valence-corrected chi connectivity index (χ2v) is 9.19. The summed E-state index contributed by atoms with van der Waals surface area (Å²) in [5.74, 6) is 1.77. The Morgan fingerprint density at radius 2 is 0.732 bits per heavy atom. The van der Waals surface area contributed by atoms with Gasteiger partial charge in [-0.2, -0.15) is 0 Å². The van der Waals surface area contributed by atoms with Gasteiger partial charge in [0.25, 0.3) is 0 Å². The number of para-hydroxylation sites is 2. The van der Waals surface area contributed by atoms with Gasteiger partial charge in [0.2, 0.25) is 12.6 Å². The quantitative estimate of drug-likeness (QED) is 0.244. The van der Waals surface area contributed by atoms with E-state index in [0.717, 1.165) is 37.6 Å². The molecule has 4 nitrogen and oxygen atoms in total. The molecule has 41 heavy (non-hydrogen) atoms. The number of benzene rings is 4. The first-order chi connectivity index (χ1) is 19.7. The lowest BCUT2D eigenvalue weighted by molar-refractivity contribution is -0.165. The van der Waals surface area contributed by atoms with Gasteiger partial charge in [-0.1, -0.05) is 145 Å². The van der Waals surface area contributed by atoms with E-state index < -0.39 is 0 Å². The Morgan fingerprint density at radius 1 is 0.488 bits per heavy atom. The summed E-state index contributed by atoms with van der Waals surface area (Å²) < 4.78 is 21.1. The first kappa shape index (κ1) is 35.4. The fourth-order valence-corrected chi connectivity index (χ4v) is 3.18. The van der Waals surface area contributed by atoms with Crippen LogP contribution in [0.3, 0.4) is 0 Å². The zero-order chi connectivity index (χ0) is 28.7. The van der Waals surface area contributed by atoms with Crippen molar-refractivity contribution in [1.29, 1.82) is 0 Å². The third-order valence-corrected chi connectivity index (χ3v) is 5.22. The fourth-order valence-electron chi connectivity index (χ4n) is 3.18. The lowest BCUT2D eigenvalue weighted by atomic mass is 10.1. The molecule has 222 valence electrons. The summed E-state index contributed by atoms with van der Waals surface area (Å²) in [7, 11) is 0. The van der Waals surface area contributed by atoms with Crippen LogP contribution in [0.15, 0.2) is 121 Å². The molecule has 0 amide bonds. The zero-order valence-electron chi connectivity index (χ0n) is 24.6. The standard InChI is InChI=1S/C12H10.2C9H10O2.2C3H8.CH4/c1-3-7-11(8-4-1)12-9-5-2-6-10-12;2*1-2-4-8(5-3-1)11-9-6-7-10-9;2*1-3-2;/h1-10H;2*1-5,9H,6-7H2;2*3H2,1-2H3;1H4. The molecule has 2 aliphatic heterocycles. The van der Waals surface area contributed by atoms with E-state index >= 15 is 0 Å². The van der Waals surface area contributed by atoms with E-state index in [1.165, 1.54) is 24.0 Å². The van der Waals surface area contributed by atoms with Crippen molar-refractivity contribution in [2.45, 2.75) is 73.4 Å². The first-order valence-electron chi connectivity index (χ1n) is 14.5. The maximum atomic E-state index is 5.43. The van der Waals surface area contributed by atoms with Crippen LogP contribution in [0.4, 0.5) is 0 Å². The van der Waals surface area contributed by atoms with Gasteiger partial charge in [0, 0.05) is 12.8 Å². The van der Waals surface area contributed by atoms with Crippen molar-refractivity contribution in [2.75, 3.05) is 13.2 Å². The summed E-state index contributed by atoms with van der Waals surface area (Å²) >= 11 is 0. The highest BCUT2D eigenvalue weighted by Gasteiger charge is 2.19. The number of hydrogen-bond donors (Lipinski definition) is 0. The van der Waals surface area contributed by atoms with Crippen molar-refractivity contribution >= 4 is 0 Å². The summed E-state index contributed by atoms with van der Waals surface area (Å²) in [6, 6.07) is 40.3. The molecule has 2 saturated heterocycles. The van der Waals surface area contributed by atoms with Crippen LogP contribution in [0.5, 0.6) is 11.5 Å². The summed E-state index contributed by atoms with van der Waals surface area (Å²) in [5, 5.41) is 0. The Bertz CT molecular complexity index is 990. The molecule has 2 heterocycles. The Morgan fingerprint density at radius 3 is 0.951 bits per heavy atom. The Labute approximate surface area is 249 Å². The van der Waals surface area contributed by atoms with Crippen LogP contribution in [0.25, 0.3) is 11.1 Å². The predicted molar refractivity (Wildman–Crippen MR) is 173 cm³/mol. The minimum atomic E-state index is -0.00241. The largest absolute Gasteiger partial charge is 0.465 e. The van der Waals surface area contributed by atoms with Gasteiger partial charge in [0.15, 0.2) is 0 Å². The summed E-state index contributed by atoms with van der Waals surface area (Å²) in [6.07, 6.45) is 4.51. The molecule has 0 radical (unpaired) electrons. The van der Waals surface area contributed by atoms with Crippen molar-refractivity contribution in [3.05, 3.63) is 121 Å². The number of rotatable bonds is 5. The Balaban J connectivity index is 0.000000277. The summed E-state index contributed by atoms with van der Waals surface area (Å²) in [5.41, 5.74) is 2.55. The number of ether oxygens (including phenoxy) is 4. The van der Waals surface area contributed by atoms with E-state index in [4.69, 9.17) is 18.9 Å². The molecule has 2 fully saturated rings. The van der Waals surface area contributed by atoms with E-state index in [9.17, 15) is 0 Å². The van der Waals surface area contributed by atoms with Crippen LogP contribution in [-0.2, 0) is 9.47 Å². The average molecular weight is 559 g/mol. The van der Waals surface area contributed by atoms with Gasteiger partial charge < -0.3 is 18.9 Å². The molecule has 4 aromatic carbocycles. The van der Waals surface area contributed by atoms with E-state index in [1.54, 1.807) is 0 Å². The molecule has 0 saturated carbocycles. The molecule has 6 rings (SSSR count). The van der Waals surface area contributed by atoms with Crippen molar-refractivity contribution in [3.8, 4) is 22.6 Å². The lowest BCUT2D eigenvalue weighted by Crippen LogP contribution is -2.32. The maximum Gasteiger partial charge on any atom is 0.202 e. The molecule has 2 atom stereocenters. The van der Waals surface area contributed by atoms with Crippen LogP contribution >= 0.6 is 0 Å². The minimum absolute atomic E-state index is 0. The van der Waals surface area contributed by atoms with Crippen LogP contribution in [0, 0.1) is 0 Å². The molecule has 0 N–H and O–H groups in total. The van der Waals surface area contributed by atoms with E-state index in [-0.39, 0.29) is 20.0 Å². The number of hydrogen-bond acceptors (Lipinski definition) is 4. The van der Waals surface area contributed by atoms with E-state index in [1.807, 2.05) is 72.8 Å². The van der Waals surface area contributed by atoms with Gasteiger partial charge in [-0.25, -0.2) is 0 Å². The van der Waals surface area contributed by atoms with Crippen LogP contribution in [0.2, 0.25) is 0 Å². The topological polar surface area (TPSA) is 36.9 Å². The van der Waals surface area contributed by atoms with Crippen LogP contribution in [0.1, 0.15) is 60.8 Å². The SMILES string of the molecule is C.CCC.CCC.c1ccc(-c2ccccc2)cc1.c1ccc(OC2CCO2)cc1.c1ccc(OC2CCO2)cc1. The molecule has 4 heteroatoms. The fraction of sp³-hybridized carbons (Fsp3) is 0.351. The summed E-state index contributed by atoms with van der Waals surface area (Å²) in [4.78, 5) is 0. The third-order valence-electron chi connectivity index (χ3n) is 5.22. The molecule has 0 spiro atoms. The second kappa shape index (κ2) is 23.1. The van der Waals surface area contributed by atoms with E-state index in [2.05, 4.69) is 76.2 Å². The zero-order valence-corrected chi connectivity index (χ0v) is 24.6.